The lowest BCUT2D eigenvalue weighted by Gasteiger charge is -2.38. The summed E-state index contributed by atoms with van der Waals surface area (Å²) >= 11 is 0. The van der Waals surface area contributed by atoms with Crippen LogP contribution in [0.25, 0.3) is 16.9 Å². The predicted molar refractivity (Wildman–Crippen MR) is 109 cm³/mol. The summed E-state index contributed by atoms with van der Waals surface area (Å²) in [5, 5.41) is 4.07. The highest BCUT2D eigenvalue weighted by molar-refractivity contribution is 6.00. The molecule has 1 aliphatic rings. The number of hydrogen-bond donors (Lipinski definition) is 0. The Bertz CT molecular complexity index is 1050. The Labute approximate surface area is 173 Å². The molecule has 0 aliphatic carbocycles. The number of nitrogens with zero attached hydrogens (tertiary/aromatic N) is 4. The fourth-order valence-electron chi connectivity index (χ4n) is 4.16. The number of rotatable bonds is 4. The highest BCUT2D eigenvalue weighted by atomic mass is 19.3. The van der Waals surface area contributed by atoms with Gasteiger partial charge in [0.25, 0.3) is 12.3 Å². The van der Waals surface area contributed by atoms with E-state index in [0.29, 0.717) is 17.0 Å². The predicted octanol–water partition coefficient (Wildman–Crippen LogP) is 4.75. The lowest BCUT2D eigenvalue weighted by Crippen LogP contribution is -2.47. The van der Waals surface area contributed by atoms with Crippen molar-refractivity contribution < 1.29 is 18.3 Å². The monoisotopic (exact) mass is 414 g/mol. The van der Waals surface area contributed by atoms with Crippen LogP contribution in [0.5, 0.6) is 5.75 Å². The van der Waals surface area contributed by atoms with E-state index in [0.717, 1.165) is 23.8 Å². The lowest BCUT2D eigenvalue weighted by atomic mass is 9.97. The molecule has 1 saturated heterocycles. The first-order chi connectivity index (χ1) is 14.4. The number of fused-ring (bicyclic) bond motifs is 1. The number of likely N-dealkylation sites (tertiary alicyclic amines) is 1. The Balaban J connectivity index is 1.83. The molecule has 1 amide bonds. The zero-order valence-corrected chi connectivity index (χ0v) is 17.2. The zero-order chi connectivity index (χ0) is 21.4. The third-order valence-corrected chi connectivity index (χ3v) is 5.77. The number of piperidine rings is 1. The van der Waals surface area contributed by atoms with E-state index in [4.69, 9.17) is 4.74 Å². The maximum atomic E-state index is 13.8. The molecule has 3 heterocycles. The highest BCUT2D eigenvalue weighted by Crippen LogP contribution is 2.30. The van der Waals surface area contributed by atoms with E-state index in [2.05, 4.69) is 10.1 Å². The van der Waals surface area contributed by atoms with Crippen LogP contribution in [0.15, 0.2) is 36.5 Å². The standard InChI is InChI=1S/C22H24F2N4O2/c1-13-5-4-6-14(2)27(13)22(29)17-12-25-28-19(20(23)24)11-18(26-21(17)28)15-7-9-16(30-3)10-8-15/h7-14,20H,4-6H2,1-3H3/t13-,14+. The van der Waals surface area contributed by atoms with Crippen molar-refractivity contribution in [2.24, 2.45) is 0 Å². The first kappa shape index (κ1) is 20.3. The van der Waals surface area contributed by atoms with Gasteiger partial charge in [-0.3, -0.25) is 4.79 Å². The largest absolute Gasteiger partial charge is 0.497 e. The number of halogens is 2. The molecular weight excluding hydrogens is 390 g/mol. The topological polar surface area (TPSA) is 59.7 Å². The fraction of sp³-hybridized carbons (Fsp3) is 0.409. The summed E-state index contributed by atoms with van der Waals surface area (Å²) < 4.78 is 33.8. The third-order valence-electron chi connectivity index (χ3n) is 5.77. The van der Waals surface area contributed by atoms with Gasteiger partial charge in [-0.15, -0.1) is 0 Å². The second-order valence-corrected chi connectivity index (χ2v) is 7.73. The normalized spacial score (nSPS) is 19.5. The maximum absolute atomic E-state index is 13.8. The molecule has 0 spiro atoms. The second-order valence-electron chi connectivity index (χ2n) is 7.73. The molecule has 0 bridgehead atoms. The van der Waals surface area contributed by atoms with E-state index >= 15 is 0 Å². The molecule has 2 atom stereocenters. The minimum atomic E-state index is -2.76. The van der Waals surface area contributed by atoms with Crippen LogP contribution in [-0.4, -0.2) is 44.6 Å². The number of methoxy groups -OCH3 is 1. The number of ether oxygens (including phenoxy) is 1. The van der Waals surface area contributed by atoms with Crippen LogP contribution in [0.4, 0.5) is 8.78 Å². The van der Waals surface area contributed by atoms with Crippen LogP contribution in [0.2, 0.25) is 0 Å². The average molecular weight is 414 g/mol. The van der Waals surface area contributed by atoms with Gasteiger partial charge in [0.15, 0.2) is 5.65 Å². The minimum absolute atomic E-state index is 0.0792. The van der Waals surface area contributed by atoms with Crippen LogP contribution in [0.3, 0.4) is 0 Å². The second kappa shape index (κ2) is 8.01. The van der Waals surface area contributed by atoms with Crippen LogP contribution < -0.4 is 4.74 Å². The van der Waals surface area contributed by atoms with Crippen molar-refractivity contribution in [3.8, 4) is 17.0 Å². The number of aromatic nitrogens is 3. The van der Waals surface area contributed by atoms with Crippen molar-refractivity contribution in [1.29, 1.82) is 0 Å². The number of alkyl halides is 2. The van der Waals surface area contributed by atoms with Crippen molar-refractivity contribution in [1.82, 2.24) is 19.5 Å². The molecule has 3 aromatic rings. The number of benzene rings is 1. The Hall–Kier alpha value is -3.03. The van der Waals surface area contributed by atoms with Crippen molar-refractivity contribution in [2.45, 2.75) is 51.6 Å². The van der Waals surface area contributed by atoms with Crippen molar-refractivity contribution in [3.63, 3.8) is 0 Å². The van der Waals surface area contributed by atoms with Gasteiger partial charge in [0.2, 0.25) is 0 Å². The number of carbonyl (C=O) groups is 1. The van der Waals surface area contributed by atoms with Crippen LogP contribution in [0, 0.1) is 0 Å². The van der Waals surface area contributed by atoms with Gasteiger partial charge in [0, 0.05) is 17.6 Å². The third kappa shape index (κ3) is 3.51. The van der Waals surface area contributed by atoms with E-state index in [-0.39, 0.29) is 34.9 Å². The van der Waals surface area contributed by atoms with Crippen molar-refractivity contribution in [2.75, 3.05) is 7.11 Å². The van der Waals surface area contributed by atoms with E-state index in [1.54, 1.807) is 31.4 Å². The first-order valence-corrected chi connectivity index (χ1v) is 10.0. The van der Waals surface area contributed by atoms with E-state index < -0.39 is 6.43 Å². The molecule has 0 saturated carbocycles. The first-order valence-electron chi connectivity index (χ1n) is 10.0. The highest BCUT2D eigenvalue weighted by Gasteiger charge is 2.32. The van der Waals surface area contributed by atoms with Gasteiger partial charge in [-0.1, -0.05) is 0 Å². The zero-order valence-electron chi connectivity index (χ0n) is 17.2. The molecule has 4 rings (SSSR count). The molecule has 1 aromatic carbocycles. The Morgan fingerprint density at radius 2 is 1.83 bits per heavy atom. The smallest absolute Gasteiger partial charge is 0.280 e. The molecule has 6 nitrogen and oxygen atoms in total. The summed E-state index contributed by atoms with van der Waals surface area (Å²) in [6.07, 6.45) is 1.49. The van der Waals surface area contributed by atoms with Crippen LogP contribution in [0.1, 0.15) is 55.6 Å². The van der Waals surface area contributed by atoms with E-state index in [1.807, 2.05) is 18.7 Å². The van der Waals surface area contributed by atoms with Gasteiger partial charge in [0.1, 0.15) is 17.0 Å². The molecule has 8 heteroatoms. The van der Waals surface area contributed by atoms with Gasteiger partial charge >= 0.3 is 0 Å². The number of carbonyl (C=O) groups excluding carboxylic acids is 1. The molecule has 0 N–H and O–H groups in total. The quantitative estimate of drug-likeness (QED) is 0.618. The average Bonchev–Trinajstić information content (AvgIpc) is 3.16. The number of amides is 1. The Kier molecular flexibility index (Phi) is 5.40. The van der Waals surface area contributed by atoms with E-state index in [1.165, 1.54) is 12.3 Å². The number of hydrogen-bond acceptors (Lipinski definition) is 4. The molecule has 158 valence electrons. The molecule has 1 fully saturated rings. The van der Waals surface area contributed by atoms with Crippen molar-refractivity contribution in [3.05, 3.63) is 47.8 Å². The van der Waals surface area contributed by atoms with Crippen LogP contribution >= 0.6 is 0 Å². The van der Waals surface area contributed by atoms with Gasteiger partial charge in [-0.05, 0) is 63.4 Å². The molecule has 2 aromatic heterocycles. The van der Waals surface area contributed by atoms with Crippen molar-refractivity contribution >= 4 is 11.6 Å². The summed E-state index contributed by atoms with van der Waals surface area (Å²) in [4.78, 5) is 19.7. The van der Waals surface area contributed by atoms with Gasteiger partial charge < -0.3 is 9.64 Å². The summed E-state index contributed by atoms with van der Waals surface area (Å²) in [7, 11) is 1.56. The maximum Gasteiger partial charge on any atom is 0.280 e. The Morgan fingerprint density at radius 3 is 2.43 bits per heavy atom. The molecule has 30 heavy (non-hydrogen) atoms. The molecule has 0 unspecified atom stereocenters. The minimum Gasteiger partial charge on any atom is -0.497 e. The summed E-state index contributed by atoms with van der Waals surface area (Å²) in [6, 6.07) is 8.45. The van der Waals surface area contributed by atoms with E-state index in [9.17, 15) is 13.6 Å². The van der Waals surface area contributed by atoms with Gasteiger partial charge in [0.05, 0.1) is 19.0 Å². The SMILES string of the molecule is COc1ccc(-c2cc(C(F)F)n3ncc(C(=O)N4[C@H](C)CCC[C@@H]4C)c3n2)cc1. The summed E-state index contributed by atoms with van der Waals surface area (Å²) in [5.41, 5.74) is 1.10. The fourth-order valence-corrected chi connectivity index (χ4v) is 4.16. The molecule has 0 radical (unpaired) electrons. The molecular formula is C22H24F2N4O2. The van der Waals surface area contributed by atoms with Gasteiger partial charge in [-0.25, -0.2) is 18.3 Å². The lowest BCUT2D eigenvalue weighted by molar-refractivity contribution is 0.0512. The Morgan fingerprint density at radius 1 is 1.17 bits per heavy atom. The van der Waals surface area contributed by atoms with Crippen LogP contribution in [-0.2, 0) is 0 Å². The summed E-state index contributed by atoms with van der Waals surface area (Å²) in [5.74, 6) is 0.437. The van der Waals surface area contributed by atoms with Gasteiger partial charge in [-0.2, -0.15) is 5.10 Å². The summed E-state index contributed by atoms with van der Waals surface area (Å²) in [6.45, 7) is 4.03. The molecule has 1 aliphatic heterocycles.